The van der Waals surface area contributed by atoms with Crippen LogP contribution in [0.5, 0.6) is 5.75 Å². The summed E-state index contributed by atoms with van der Waals surface area (Å²) in [5.74, 6) is -0.216. The first-order valence-corrected chi connectivity index (χ1v) is 15.3. The van der Waals surface area contributed by atoms with Crippen LogP contribution in [0.2, 0.25) is 5.02 Å². The third-order valence-electron chi connectivity index (χ3n) is 6.58. The Balaban J connectivity index is 2.07. The summed E-state index contributed by atoms with van der Waals surface area (Å²) in [4.78, 5) is 28.8. The number of sulfonamides is 1. The molecular formula is C31H38ClN3O5S. The molecule has 0 aliphatic carbocycles. The van der Waals surface area contributed by atoms with Crippen LogP contribution in [0, 0.1) is 12.8 Å². The Kier molecular flexibility index (Phi) is 11.2. The second-order valence-electron chi connectivity index (χ2n) is 10.2. The highest BCUT2D eigenvalue weighted by Gasteiger charge is 2.34. The maximum Gasteiger partial charge on any atom is 0.264 e. The average Bonchev–Trinajstić information content (AvgIpc) is 2.95. The molecule has 8 nitrogen and oxygen atoms in total. The lowest BCUT2D eigenvalue weighted by molar-refractivity contribution is -0.140. The van der Waals surface area contributed by atoms with Gasteiger partial charge in [0.2, 0.25) is 11.8 Å². The molecule has 3 aromatic carbocycles. The lowest BCUT2D eigenvalue weighted by Gasteiger charge is -2.33. The van der Waals surface area contributed by atoms with E-state index in [2.05, 4.69) is 5.32 Å². The number of benzene rings is 3. The molecule has 0 spiro atoms. The zero-order valence-electron chi connectivity index (χ0n) is 24.1. The fraction of sp³-hybridized carbons (Fsp3) is 0.355. The third kappa shape index (κ3) is 8.24. The molecule has 0 aliphatic rings. The van der Waals surface area contributed by atoms with Gasteiger partial charge in [0.05, 0.1) is 22.7 Å². The maximum absolute atomic E-state index is 14.1. The number of amides is 2. The Morgan fingerprint density at radius 1 is 1.00 bits per heavy atom. The summed E-state index contributed by atoms with van der Waals surface area (Å²) in [6.07, 6.45) is 0.349. The summed E-state index contributed by atoms with van der Waals surface area (Å²) in [5.41, 5.74) is 1.91. The minimum absolute atomic E-state index is 0.0270. The highest BCUT2D eigenvalue weighted by atomic mass is 35.5. The van der Waals surface area contributed by atoms with Gasteiger partial charge in [-0.25, -0.2) is 8.42 Å². The number of anilines is 1. The number of carbonyl (C=O) groups excluding carboxylic acids is 2. The number of rotatable bonds is 13. The Morgan fingerprint density at radius 3 is 2.22 bits per heavy atom. The van der Waals surface area contributed by atoms with Crippen LogP contribution in [-0.2, 0) is 26.2 Å². The molecule has 0 heterocycles. The van der Waals surface area contributed by atoms with Crippen molar-refractivity contribution in [2.45, 2.75) is 51.6 Å². The van der Waals surface area contributed by atoms with Gasteiger partial charge < -0.3 is 15.0 Å². The Morgan fingerprint density at radius 2 is 1.66 bits per heavy atom. The molecule has 3 aromatic rings. The van der Waals surface area contributed by atoms with Crippen LogP contribution in [0.1, 0.15) is 38.3 Å². The second-order valence-corrected chi connectivity index (χ2v) is 12.5. The molecule has 0 fully saturated rings. The number of nitrogens with one attached hydrogen (secondary N) is 1. The minimum atomic E-state index is -4.20. The van der Waals surface area contributed by atoms with Crippen LogP contribution < -0.4 is 14.4 Å². The first kappa shape index (κ1) is 32.0. The molecule has 0 aromatic heterocycles. The van der Waals surface area contributed by atoms with Crippen molar-refractivity contribution in [2.24, 2.45) is 5.92 Å². The first-order valence-electron chi connectivity index (χ1n) is 13.5. The molecule has 3 rings (SSSR count). The van der Waals surface area contributed by atoms with E-state index < -0.39 is 28.5 Å². The summed E-state index contributed by atoms with van der Waals surface area (Å²) in [6, 6.07) is 19.4. The van der Waals surface area contributed by atoms with E-state index in [1.54, 1.807) is 18.2 Å². The van der Waals surface area contributed by atoms with Crippen LogP contribution in [0.4, 0.5) is 5.69 Å². The molecule has 0 saturated heterocycles. The van der Waals surface area contributed by atoms with E-state index in [0.29, 0.717) is 18.7 Å². The van der Waals surface area contributed by atoms with Gasteiger partial charge in [0, 0.05) is 13.1 Å². The van der Waals surface area contributed by atoms with Gasteiger partial charge in [-0.05, 0) is 55.2 Å². The molecule has 0 bridgehead atoms. The minimum Gasteiger partial charge on any atom is -0.495 e. The van der Waals surface area contributed by atoms with Gasteiger partial charge in [-0.3, -0.25) is 13.9 Å². The smallest absolute Gasteiger partial charge is 0.264 e. The SMILES string of the molecule is CCC(C(=O)NCC(C)C)N(Cc1ccccc1)C(=O)CN(c1ccc(OC)c(Cl)c1)S(=O)(=O)c1ccc(C)cc1. The standard InChI is InChI=1S/C31H38ClN3O5S/c1-6-28(31(37)33-19-22(2)3)34(20-24-10-8-7-9-11-24)30(36)21-35(25-14-17-29(40-5)27(32)18-25)41(38,39)26-15-12-23(4)13-16-26/h7-18,22,28H,6,19-21H2,1-5H3,(H,33,37). The molecule has 220 valence electrons. The highest BCUT2D eigenvalue weighted by molar-refractivity contribution is 7.92. The van der Waals surface area contributed by atoms with Crippen molar-refractivity contribution in [1.29, 1.82) is 0 Å². The second kappa shape index (κ2) is 14.4. The molecular weight excluding hydrogens is 562 g/mol. The zero-order valence-corrected chi connectivity index (χ0v) is 25.7. The summed E-state index contributed by atoms with van der Waals surface area (Å²) in [5, 5.41) is 3.12. The van der Waals surface area contributed by atoms with E-state index in [-0.39, 0.29) is 34.0 Å². The van der Waals surface area contributed by atoms with Crippen molar-refractivity contribution < 1.29 is 22.7 Å². The van der Waals surface area contributed by atoms with E-state index in [4.69, 9.17) is 16.3 Å². The maximum atomic E-state index is 14.1. The van der Waals surface area contributed by atoms with Crippen molar-refractivity contribution in [1.82, 2.24) is 10.2 Å². The molecule has 1 atom stereocenters. The van der Waals surface area contributed by atoms with Crippen molar-refractivity contribution in [3.05, 3.63) is 88.9 Å². The predicted molar refractivity (Wildman–Crippen MR) is 163 cm³/mol. The third-order valence-corrected chi connectivity index (χ3v) is 8.66. The van der Waals surface area contributed by atoms with Crippen LogP contribution >= 0.6 is 11.6 Å². The van der Waals surface area contributed by atoms with Crippen LogP contribution in [0.25, 0.3) is 0 Å². The van der Waals surface area contributed by atoms with Crippen LogP contribution in [0.15, 0.2) is 77.7 Å². The van der Waals surface area contributed by atoms with Crippen molar-refractivity contribution in [2.75, 3.05) is 24.5 Å². The highest BCUT2D eigenvalue weighted by Crippen LogP contribution is 2.32. The van der Waals surface area contributed by atoms with E-state index >= 15 is 0 Å². The fourth-order valence-corrected chi connectivity index (χ4v) is 5.96. The number of halogens is 1. The van der Waals surface area contributed by atoms with Gasteiger partial charge in [0.15, 0.2) is 0 Å². The monoisotopic (exact) mass is 599 g/mol. The summed E-state index contributed by atoms with van der Waals surface area (Å²) in [7, 11) is -2.74. The Bertz CT molecular complexity index is 1430. The average molecular weight is 600 g/mol. The van der Waals surface area contributed by atoms with Gasteiger partial charge in [-0.15, -0.1) is 0 Å². The number of hydrogen-bond acceptors (Lipinski definition) is 5. The van der Waals surface area contributed by atoms with Crippen LogP contribution in [0.3, 0.4) is 0 Å². The van der Waals surface area contributed by atoms with Gasteiger partial charge in [-0.1, -0.05) is 80.4 Å². The fourth-order valence-electron chi connectivity index (χ4n) is 4.30. The van der Waals surface area contributed by atoms with Crippen molar-refractivity contribution >= 4 is 39.1 Å². The summed E-state index contributed by atoms with van der Waals surface area (Å²) in [6.45, 7) is 7.71. The largest absolute Gasteiger partial charge is 0.495 e. The molecule has 1 N–H and O–H groups in total. The molecule has 0 aliphatic heterocycles. The van der Waals surface area contributed by atoms with E-state index in [1.165, 1.54) is 36.3 Å². The predicted octanol–water partition coefficient (Wildman–Crippen LogP) is 5.43. The van der Waals surface area contributed by atoms with Gasteiger partial charge in [-0.2, -0.15) is 0 Å². The van der Waals surface area contributed by atoms with E-state index in [0.717, 1.165) is 15.4 Å². The lowest BCUT2D eigenvalue weighted by Crippen LogP contribution is -2.52. The molecule has 41 heavy (non-hydrogen) atoms. The number of carbonyl (C=O) groups is 2. The van der Waals surface area contributed by atoms with Crippen LogP contribution in [-0.4, -0.2) is 51.4 Å². The number of methoxy groups -OCH3 is 1. The van der Waals surface area contributed by atoms with Crippen molar-refractivity contribution in [3.63, 3.8) is 0 Å². The molecule has 2 amide bonds. The normalized spacial score (nSPS) is 12.1. The van der Waals surface area contributed by atoms with Gasteiger partial charge in [0.1, 0.15) is 18.3 Å². The quantitative estimate of drug-likeness (QED) is 0.283. The number of ether oxygens (including phenoxy) is 1. The summed E-state index contributed by atoms with van der Waals surface area (Å²) < 4.78 is 34.2. The van der Waals surface area contributed by atoms with E-state index in [9.17, 15) is 18.0 Å². The lowest BCUT2D eigenvalue weighted by atomic mass is 10.1. The summed E-state index contributed by atoms with van der Waals surface area (Å²) >= 11 is 6.38. The first-order chi connectivity index (χ1) is 19.5. The number of hydrogen-bond donors (Lipinski definition) is 1. The van der Waals surface area contributed by atoms with Gasteiger partial charge >= 0.3 is 0 Å². The van der Waals surface area contributed by atoms with Gasteiger partial charge in [0.25, 0.3) is 10.0 Å². The number of aryl methyl sites for hydroxylation is 1. The molecule has 0 saturated carbocycles. The zero-order chi connectivity index (χ0) is 30.2. The molecule has 10 heteroatoms. The Hall–Kier alpha value is -3.56. The molecule has 1 unspecified atom stereocenters. The topological polar surface area (TPSA) is 96.0 Å². The number of nitrogens with zero attached hydrogens (tertiary/aromatic N) is 2. The van der Waals surface area contributed by atoms with E-state index in [1.807, 2.05) is 58.0 Å². The van der Waals surface area contributed by atoms with Crippen molar-refractivity contribution in [3.8, 4) is 5.75 Å². The molecule has 0 radical (unpaired) electrons. The Labute approximate surface area is 248 Å².